The van der Waals surface area contributed by atoms with Gasteiger partial charge in [0, 0.05) is 6.04 Å². The van der Waals surface area contributed by atoms with Crippen LogP contribution in [0.5, 0.6) is 5.75 Å². The van der Waals surface area contributed by atoms with Gasteiger partial charge in [0.2, 0.25) is 0 Å². The topological polar surface area (TPSA) is 80.2 Å². The number of aliphatic hydroxyl groups excluding tert-OH is 1. The van der Waals surface area contributed by atoms with Gasteiger partial charge >= 0.3 is 5.69 Å². The molecule has 29 heavy (non-hydrogen) atoms. The first-order valence-corrected chi connectivity index (χ1v) is 9.67. The number of ether oxygens (including phenoxy) is 1. The molecule has 0 bridgehead atoms. The van der Waals surface area contributed by atoms with Gasteiger partial charge in [-0.05, 0) is 61.6 Å². The average Bonchev–Trinajstić information content (AvgIpc) is 3.00. The van der Waals surface area contributed by atoms with Crippen molar-refractivity contribution in [1.29, 1.82) is 5.26 Å². The molecule has 1 aliphatic carbocycles. The lowest BCUT2D eigenvalue weighted by Gasteiger charge is -2.26. The molecule has 1 aromatic heterocycles. The average molecular weight is 395 g/mol. The van der Waals surface area contributed by atoms with Gasteiger partial charge in [-0.3, -0.25) is 9.13 Å². The molecular weight excluding hydrogens is 373 g/mol. The number of nitriles is 1. The molecule has 150 valence electrons. The summed E-state index contributed by atoms with van der Waals surface area (Å²) in [6.07, 6.45) is 2.44. The van der Waals surface area contributed by atoms with Gasteiger partial charge < -0.3 is 9.84 Å². The van der Waals surface area contributed by atoms with Gasteiger partial charge in [0.1, 0.15) is 0 Å². The van der Waals surface area contributed by atoms with E-state index in [0.717, 1.165) is 18.4 Å². The normalized spacial score (nSPS) is 19.2. The summed E-state index contributed by atoms with van der Waals surface area (Å²) in [4.78, 5) is 13.3. The summed E-state index contributed by atoms with van der Waals surface area (Å²) in [5.41, 5.74) is 2.31. The van der Waals surface area contributed by atoms with Crippen LogP contribution >= 0.6 is 0 Å². The van der Waals surface area contributed by atoms with Crippen molar-refractivity contribution in [1.82, 2.24) is 9.13 Å². The fourth-order valence-electron chi connectivity index (χ4n) is 4.16. The van der Waals surface area contributed by atoms with E-state index in [2.05, 4.69) is 6.07 Å². The monoisotopic (exact) mass is 395 g/mol. The Balaban J connectivity index is 1.82. The summed E-state index contributed by atoms with van der Waals surface area (Å²) in [5.74, 6) is -0.336. The second-order valence-corrected chi connectivity index (χ2v) is 7.49. The predicted molar refractivity (Wildman–Crippen MR) is 106 cm³/mol. The largest absolute Gasteiger partial charge is 0.494 e. The van der Waals surface area contributed by atoms with E-state index in [-0.39, 0.29) is 30.1 Å². The van der Waals surface area contributed by atoms with Crippen LogP contribution in [0.15, 0.2) is 41.2 Å². The van der Waals surface area contributed by atoms with Gasteiger partial charge in [-0.2, -0.15) is 5.26 Å². The van der Waals surface area contributed by atoms with Crippen molar-refractivity contribution in [3.63, 3.8) is 0 Å². The van der Waals surface area contributed by atoms with Crippen molar-refractivity contribution in [2.24, 2.45) is 0 Å². The molecule has 3 aromatic rings. The first-order valence-electron chi connectivity index (χ1n) is 9.67. The summed E-state index contributed by atoms with van der Waals surface area (Å²) >= 11 is 0. The molecule has 1 N–H and O–H groups in total. The van der Waals surface area contributed by atoms with Crippen LogP contribution in [-0.2, 0) is 6.54 Å². The molecule has 0 amide bonds. The molecule has 0 radical (unpaired) electrons. The summed E-state index contributed by atoms with van der Waals surface area (Å²) in [5, 5.41) is 19.1. The highest BCUT2D eigenvalue weighted by Gasteiger charge is 2.25. The summed E-state index contributed by atoms with van der Waals surface area (Å²) in [6, 6.07) is 11.9. The van der Waals surface area contributed by atoms with E-state index >= 15 is 0 Å². The molecule has 1 heterocycles. The molecular formula is C22H22FN3O3. The minimum absolute atomic E-state index is 0.00445. The van der Waals surface area contributed by atoms with Crippen LogP contribution in [0.3, 0.4) is 0 Å². The Bertz CT molecular complexity index is 1150. The highest BCUT2D eigenvalue weighted by atomic mass is 19.1. The molecule has 0 spiro atoms. The predicted octanol–water partition coefficient (Wildman–Crippen LogP) is 3.35. The molecule has 4 rings (SSSR count). The Morgan fingerprint density at radius 3 is 2.59 bits per heavy atom. The zero-order valence-corrected chi connectivity index (χ0v) is 16.1. The van der Waals surface area contributed by atoms with Gasteiger partial charge in [-0.25, -0.2) is 9.18 Å². The van der Waals surface area contributed by atoms with Gasteiger partial charge in [0.15, 0.2) is 11.6 Å². The molecule has 0 saturated heterocycles. The van der Waals surface area contributed by atoms with E-state index in [1.54, 1.807) is 33.4 Å². The van der Waals surface area contributed by atoms with Crippen molar-refractivity contribution in [2.75, 3.05) is 7.11 Å². The molecule has 1 aliphatic rings. The maximum atomic E-state index is 14.1. The fraction of sp³-hybridized carbons (Fsp3) is 0.364. The van der Waals surface area contributed by atoms with E-state index in [4.69, 9.17) is 4.74 Å². The van der Waals surface area contributed by atoms with E-state index in [9.17, 15) is 19.6 Å². The SMILES string of the molecule is COc1ccc(Cn2c(=O)n([C@H]3CC[C@H](O)CC3)c3ccc(C#N)cc32)cc1F. The Hall–Kier alpha value is -3.11. The van der Waals surface area contributed by atoms with Crippen LogP contribution in [0, 0.1) is 17.1 Å². The van der Waals surface area contributed by atoms with Crippen molar-refractivity contribution in [3.8, 4) is 11.8 Å². The second-order valence-electron chi connectivity index (χ2n) is 7.49. The highest BCUT2D eigenvalue weighted by molar-refractivity contribution is 5.78. The van der Waals surface area contributed by atoms with Crippen LogP contribution in [0.25, 0.3) is 11.0 Å². The number of benzene rings is 2. The number of aromatic nitrogens is 2. The molecule has 0 unspecified atom stereocenters. The number of rotatable bonds is 4. The van der Waals surface area contributed by atoms with Gasteiger partial charge in [0.25, 0.3) is 0 Å². The number of hydrogen-bond donors (Lipinski definition) is 1. The molecule has 0 atom stereocenters. The van der Waals surface area contributed by atoms with Crippen LogP contribution in [0.1, 0.15) is 42.9 Å². The number of fused-ring (bicyclic) bond motifs is 1. The summed E-state index contributed by atoms with van der Waals surface area (Å²) in [6.45, 7) is 0.188. The third-order valence-corrected chi connectivity index (χ3v) is 5.68. The minimum Gasteiger partial charge on any atom is -0.494 e. The van der Waals surface area contributed by atoms with Crippen molar-refractivity contribution >= 4 is 11.0 Å². The zero-order chi connectivity index (χ0) is 20.5. The third-order valence-electron chi connectivity index (χ3n) is 5.68. The van der Waals surface area contributed by atoms with Crippen LogP contribution in [0.4, 0.5) is 4.39 Å². The number of nitrogens with zero attached hydrogens (tertiary/aromatic N) is 3. The molecule has 1 saturated carbocycles. The van der Waals surface area contributed by atoms with E-state index < -0.39 is 5.82 Å². The van der Waals surface area contributed by atoms with Gasteiger partial charge in [0.05, 0.1) is 42.4 Å². The number of methoxy groups -OCH3 is 1. The fourth-order valence-corrected chi connectivity index (χ4v) is 4.16. The van der Waals surface area contributed by atoms with Crippen molar-refractivity contribution < 1.29 is 14.2 Å². The Labute approximate surface area is 167 Å². The number of halogens is 1. The molecule has 0 aliphatic heterocycles. The highest BCUT2D eigenvalue weighted by Crippen LogP contribution is 2.31. The van der Waals surface area contributed by atoms with Crippen molar-refractivity contribution in [3.05, 3.63) is 63.8 Å². The van der Waals surface area contributed by atoms with Crippen LogP contribution < -0.4 is 10.4 Å². The summed E-state index contributed by atoms with van der Waals surface area (Å²) in [7, 11) is 1.40. The lowest BCUT2D eigenvalue weighted by Crippen LogP contribution is -2.31. The van der Waals surface area contributed by atoms with Crippen LogP contribution in [-0.4, -0.2) is 27.5 Å². The molecule has 7 heteroatoms. The van der Waals surface area contributed by atoms with Gasteiger partial charge in [-0.15, -0.1) is 0 Å². The first-order chi connectivity index (χ1) is 14.0. The summed E-state index contributed by atoms with van der Waals surface area (Å²) < 4.78 is 22.4. The molecule has 2 aromatic carbocycles. The zero-order valence-electron chi connectivity index (χ0n) is 16.1. The first kappa shape index (κ1) is 19.2. The lowest BCUT2D eigenvalue weighted by atomic mass is 9.93. The number of hydrogen-bond acceptors (Lipinski definition) is 4. The van der Waals surface area contributed by atoms with E-state index in [0.29, 0.717) is 29.5 Å². The minimum atomic E-state index is -0.485. The lowest BCUT2D eigenvalue weighted by molar-refractivity contribution is 0.110. The van der Waals surface area contributed by atoms with Crippen LogP contribution in [0.2, 0.25) is 0 Å². The van der Waals surface area contributed by atoms with E-state index in [1.807, 2.05) is 0 Å². The van der Waals surface area contributed by atoms with Crippen molar-refractivity contribution in [2.45, 2.75) is 44.4 Å². The number of imidazole rings is 1. The third kappa shape index (κ3) is 3.52. The Kier molecular flexibility index (Phi) is 5.12. The standard InChI is InChI=1S/C22H22FN3O3/c1-29-21-9-3-15(10-18(21)23)13-25-20-11-14(12-24)2-8-19(20)26(22(25)28)16-4-6-17(27)7-5-16/h2-3,8-11,16-17,27H,4-7,13H2,1H3/t16-,17-. The maximum absolute atomic E-state index is 14.1. The smallest absolute Gasteiger partial charge is 0.329 e. The van der Waals surface area contributed by atoms with Gasteiger partial charge in [-0.1, -0.05) is 6.07 Å². The molecule has 6 nitrogen and oxygen atoms in total. The Morgan fingerprint density at radius 1 is 1.17 bits per heavy atom. The van der Waals surface area contributed by atoms with E-state index in [1.165, 1.54) is 19.2 Å². The maximum Gasteiger partial charge on any atom is 0.329 e. The second kappa shape index (κ2) is 7.72. The quantitative estimate of drug-likeness (QED) is 0.735. The number of aliphatic hydroxyl groups is 1. The Morgan fingerprint density at radius 2 is 1.93 bits per heavy atom. The molecule has 1 fully saturated rings.